The molecule has 1 fully saturated rings. The molecule has 2 heterocycles. The van der Waals surface area contributed by atoms with Crippen LogP contribution in [0.1, 0.15) is 18.4 Å². The Hall–Kier alpha value is -4.08. The second-order valence-corrected chi connectivity index (χ2v) is 8.41. The summed E-state index contributed by atoms with van der Waals surface area (Å²) in [4.78, 5) is 23.9. The van der Waals surface area contributed by atoms with E-state index in [1.54, 1.807) is 51.8 Å². The number of halogens is 1. The summed E-state index contributed by atoms with van der Waals surface area (Å²) in [6.45, 7) is 1.71. The van der Waals surface area contributed by atoms with Crippen LogP contribution in [0.5, 0.6) is 17.2 Å². The van der Waals surface area contributed by atoms with E-state index in [-0.39, 0.29) is 17.6 Å². The number of carbonyl (C=O) groups excluding carboxylic acids is 1. The largest absolute Gasteiger partial charge is 0.493 e. The van der Waals surface area contributed by atoms with Crippen molar-refractivity contribution in [2.45, 2.75) is 19.4 Å². The van der Waals surface area contributed by atoms with Gasteiger partial charge in [0.15, 0.2) is 11.5 Å². The Kier molecular flexibility index (Phi) is 8.04. The molecular weight excluding hydrogens is 465 g/mol. The number of piperidine rings is 1. The number of hydrogen-bond acceptors (Lipinski definition) is 8. The standard InChI is InChI=1S/C26H30FN5O4/c1-34-21-13-20(14-22(35-2)24(21)36-3)30-26-28-11-10-23(31-26)32-12-4-5-18(16-32)25(33)29-15-17-6-8-19(27)9-7-17/h6-11,13-14,18H,4-5,12,15-16H2,1-3H3,(H,29,33)(H,28,30,31)/t18-/m0/s1. The highest BCUT2D eigenvalue weighted by molar-refractivity contribution is 5.79. The molecule has 1 saturated heterocycles. The summed E-state index contributed by atoms with van der Waals surface area (Å²) >= 11 is 0. The van der Waals surface area contributed by atoms with E-state index in [2.05, 4.69) is 25.5 Å². The van der Waals surface area contributed by atoms with Gasteiger partial charge in [-0.05, 0) is 36.6 Å². The van der Waals surface area contributed by atoms with E-state index in [4.69, 9.17) is 14.2 Å². The molecule has 2 aromatic carbocycles. The molecule has 1 amide bonds. The van der Waals surface area contributed by atoms with Crippen LogP contribution in [0, 0.1) is 11.7 Å². The topological polar surface area (TPSA) is 97.8 Å². The average Bonchev–Trinajstić information content (AvgIpc) is 2.92. The fraction of sp³-hybridized carbons (Fsp3) is 0.346. The second-order valence-electron chi connectivity index (χ2n) is 8.41. The van der Waals surface area contributed by atoms with Gasteiger partial charge < -0.3 is 29.7 Å². The van der Waals surface area contributed by atoms with Gasteiger partial charge in [-0.2, -0.15) is 4.98 Å². The maximum Gasteiger partial charge on any atom is 0.229 e. The van der Waals surface area contributed by atoms with Gasteiger partial charge in [0.2, 0.25) is 17.6 Å². The van der Waals surface area contributed by atoms with E-state index in [1.807, 2.05) is 6.07 Å². The highest BCUT2D eigenvalue weighted by atomic mass is 19.1. The lowest BCUT2D eigenvalue weighted by Gasteiger charge is -2.33. The lowest BCUT2D eigenvalue weighted by molar-refractivity contribution is -0.125. The van der Waals surface area contributed by atoms with Crippen molar-refractivity contribution in [2.24, 2.45) is 5.92 Å². The lowest BCUT2D eigenvalue weighted by Crippen LogP contribution is -2.43. The molecule has 0 aliphatic carbocycles. The molecule has 4 rings (SSSR count). The summed E-state index contributed by atoms with van der Waals surface area (Å²) in [6.07, 6.45) is 3.35. The van der Waals surface area contributed by atoms with Gasteiger partial charge in [0, 0.05) is 43.7 Å². The molecule has 2 N–H and O–H groups in total. The Morgan fingerprint density at radius 2 is 1.81 bits per heavy atom. The quantitative estimate of drug-likeness (QED) is 0.461. The average molecular weight is 496 g/mol. The fourth-order valence-corrected chi connectivity index (χ4v) is 4.20. The SMILES string of the molecule is COc1cc(Nc2nccc(N3CCC[C@H](C(=O)NCc4ccc(F)cc4)C3)n2)cc(OC)c1OC. The highest BCUT2D eigenvalue weighted by Crippen LogP contribution is 2.40. The van der Waals surface area contributed by atoms with Crippen LogP contribution in [0.4, 0.5) is 21.8 Å². The Balaban J connectivity index is 1.42. The third-order valence-electron chi connectivity index (χ3n) is 6.06. The van der Waals surface area contributed by atoms with Crippen LogP contribution in [0.25, 0.3) is 0 Å². The molecule has 3 aromatic rings. The molecule has 1 aromatic heterocycles. The van der Waals surface area contributed by atoms with Gasteiger partial charge in [-0.15, -0.1) is 0 Å². The van der Waals surface area contributed by atoms with Crippen molar-refractivity contribution in [3.05, 3.63) is 60.0 Å². The number of ether oxygens (including phenoxy) is 3. The first-order chi connectivity index (χ1) is 17.5. The van der Waals surface area contributed by atoms with E-state index < -0.39 is 0 Å². The summed E-state index contributed by atoms with van der Waals surface area (Å²) in [5.74, 6) is 2.19. The van der Waals surface area contributed by atoms with Crippen LogP contribution in [0.2, 0.25) is 0 Å². The van der Waals surface area contributed by atoms with E-state index in [0.29, 0.717) is 42.0 Å². The normalized spacial score (nSPS) is 15.2. The first-order valence-electron chi connectivity index (χ1n) is 11.7. The number of hydrogen-bond donors (Lipinski definition) is 2. The zero-order valence-corrected chi connectivity index (χ0v) is 20.6. The Morgan fingerprint density at radius 3 is 2.47 bits per heavy atom. The predicted octanol–water partition coefficient (Wildman–Crippen LogP) is 3.92. The molecule has 1 aliphatic heterocycles. The third-order valence-corrected chi connectivity index (χ3v) is 6.06. The zero-order valence-electron chi connectivity index (χ0n) is 20.6. The first kappa shape index (κ1) is 25.0. The zero-order chi connectivity index (χ0) is 25.5. The maximum absolute atomic E-state index is 13.1. The van der Waals surface area contributed by atoms with Gasteiger partial charge >= 0.3 is 0 Å². The summed E-state index contributed by atoms with van der Waals surface area (Å²) in [7, 11) is 4.66. The molecule has 0 saturated carbocycles. The van der Waals surface area contributed by atoms with Crippen molar-refractivity contribution in [1.29, 1.82) is 0 Å². The summed E-state index contributed by atoms with van der Waals surface area (Å²) < 4.78 is 29.3. The molecule has 36 heavy (non-hydrogen) atoms. The molecule has 0 bridgehead atoms. The molecule has 190 valence electrons. The number of nitrogens with zero attached hydrogens (tertiary/aromatic N) is 3. The summed E-state index contributed by atoms with van der Waals surface area (Å²) in [5.41, 5.74) is 1.54. The van der Waals surface area contributed by atoms with Crippen molar-refractivity contribution in [3.8, 4) is 17.2 Å². The Bertz CT molecular complexity index is 1170. The van der Waals surface area contributed by atoms with Gasteiger partial charge in [-0.25, -0.2) is 9.37 Å². The molecule has 9 nitrogen and oxygen atoms in total. The second kappa shape index (κ2) is 11.6. The Labute approximate surface area is 209 Å². The first-order valence-corrected chi connectivity index (χ1v) is 11.7. The Morgan fingerprint density at radius 1 is 1.08 bits per heavy atom. The van der Waals surface area contributed by atoms with E-state index in [9.17, 15) is 9.18 Å². The van der Waals surface area contributed by atoms with Gasteiger partial charge in [-0.1, -0.05) is 12.1 Å². The number of anilines is 3. The predicted molar refractivity (Wildman–Crippen MR) is 135 cm³/mol. The monoisotopic (exact) mass is 495 g/mol. The van der Waals surface area contributed by atoms with Gasteiger partial charge in [0.25, 0.3) is 0 Å². The highest BCUT2D eigenvalue weighted by Gasteiger charge is 2.26. The number of rotatable bonds is 9. The molecule has 10 heteroatoms. The van der Waals surface area contributed by atoms with E-state index in [0.717, 1.165) is 30.8 Å². The van der Waals surface area contributed by atoms with E-state index in [1.165, 1.54) is 12.1 Å². The maximum atomic E-state index is 13.1. The number of amides is 1. The smallest absolute Gasteiger partial charge is 0.229 e. The summed E-state index contributed by atoms with van der Waals surface area (Å²) in [5, 5.41) is 6.16. The molecule has 0 spiro atoms. The van der Waals surface area contributed by atoms with Crippen LogP contribution in [-0.2, 0) is 11.3 Å². The van der Waals surface area contributed by atoms with Gasteiger partial charge in [0.05, 0.1) is 27.2 Å². The van der Waals surface area contributed by atoms with Crippen LogP contribution in [0.15, 0.2) is 48.7 Å². The van der Waals surface area contributed by atoms with E-state index >= 15 is 0 Å². The minimum absolute atomic E-state index is 0.0196. The minimum Gasteiger partial charge on any atom is -0.493 e. The van der Waals surface area contributed by atoms with Crippen LogP contribution in [0.3, 0.4) is 0 Å². The van der Waals surface area contributed by atoms with Crippen molar-refractivity contribution in [3.63, 3.8) is 0 Å². The number of methoxy groups -OCH3 is 3. The fourth-order valence-electron chi connectivity index (χ4n) is 4.20. The molecule has 1 atom stereocenters. The van der Waals surface area contributed by atoms with Crippen LogP contribution < -0.4 is 29.7 Å². The number of carbonyl (C=O) groups is 1. The minimum atomic E-state index is -0.294. The number of benzene rings is 2. The third kappa shape index (κ3) is 5.94. The lowest BCUT2D eigenvalue weighted by atomic mass is 9.97. The van der Waals surface area contributed by atoms with Crippen molar-refractivity contribution < 1.29 is 23.4 Å². The van der Waals surface area contributed by atoms with Crippen molar-refractivity contribution >= 4 is 23.4 Å². The van der Waals surface area contributed by atoms with Crippen molar-refractivity contribution in [1.82, 2.24) is 15.3 Å². The molecule has 0 unspecified atom stereocenters. The number of nitrogens with one attached hydrogen (secondary N) is 2. The molecule has 1 aliphatic rings. The van der Waals surface area contributed by atoms with Crippen LogP contribution in [-0.4, -0.2) is 50.3 Å². The summed E-state index contributed by atoms with van der Waals surface area (Å²) in [6, 6.07) is 11.5. The van der Waals surface area contributed by atoms with Gasteiger partial charge in [0.1, 0.15) is 11.6 Å². The number of aromatic nitrogens is 2. The van der Waals surface area contributed by atoms with Gasteiger partial charge in [-0.3, -0.25) is 4.79 Å². The van der Waals surface area contributed by atoms with Crippen LogP contribution >= 0.6 is 0 Å². The van der Waals surface area contributed by atoms with Crippen molar-refractivity contribution in [2.75, 3.05) is 44.6 Å². The molecular formula is C26H30FN5O4. The molecule has 0 radical (unpaired) electrons.